The molecule has 140 valence electrons. The van der Waals surface area contributed by atoms with Crippen molar-refractivity contribution in [2.75, 3.05) is 40.3 Å². The van der Waals surface area contributed by atoms with E-state index in [4.69, 9.17) is 16.3 Å². The van der Waals surface area contributed by atoms with E-state index < -0.39 is 10.2 Å². The summed E-state index contributed by atoms with van der Waals surface area (Å²) in [6.07, 6.45) is 1.35. The topological polar surface area (TPSA) is 79.0 Å². The Balaban J connectivity index is 1.80. The van der Waals surface area contributed by atoms with Crippen LogP contribution in [0, 0.1) is 5.92 Å². The molecule has 1 aliphatic rings. The molecular weight excluding hydrogens is 366 g/mol. The molecule has 0 spiro atoms. The molecule has 1 atom stereocenters. The number of carbonyl (C=O) groups is 1. The molecule has 1 aromatic rings. The molecule has 0 bridgehead atoms. The van der Waals surface area contributed by atoms with E-state index >= 15 is 0 Å². The van der Waals surface area contributed by atoms with Crippen molar-refractivity contribution in [2.45, 2.75) is 12.8 Å². The van der Waals surface area contributed by atoms with Crippen LogP contribution in [0.5, 0.6) is 5.75 Å². The van der Waals surface area contributed by atoms with Crippen molar-refractivity contribution in [3.8, 4) is 5.75 Å². The lowest BCUT2D eigenvalue weighted by Crippen LogP contribution is -2.49. The molecule has 1 N–H and O–H groups in total. The van der Waals surface area contributed by atoms with Gasteiger partial charge in [-0.05, 0) is 25.0 Å². The van der Waals surface area contributed by atoms with Gasteiger partial charge in [0, 0.05) is 27.2 Å². The van der Waals surface area contributed by atoms with Gasteiger partial charge in [-0.1, -0.05) is 23.7 Å². The number of ether oxygens (including phenoxy) is 1. The average Bonchev–Trinajstić information content (AvgIpc) is 2.60. The molecule has 1 heterocycles. The maximum atomic E-state index is 12.3. The highest BCUT2D eigenvalue weighted by Crippen LogP contribution is 2.23. The second-order valence-corrected chi connectivity index (χ2v) is 8.61. The van der Waals surface area contributed by atoms with Crippen LogP contribution in [0.15, 0.2) is 24.3 Å². The normalized spacial score (nSPS) is 19.0. The molecule has 7 nitrogen and oxygen atoms in total. The predicted molar refractivity (Wildman–Crippen MR) is 96.9 cm³/mol. The first-order valence-electron chi connectivity index (χ1n) is 8.15. The summed E-state index contributed by atoms with van der Waals surface area (Å²) in [4.78, 5) is 12.3. The number of rotatable bonds is 7. The molecule has 0 radical (unpaired) electrons. The largest absolute Gasteiger partial charge is 0.490 e. The molecule has 0 aromatic heterocycles. The van der Waals surface area contributed by atoms with Crippen molar-refractivity contribution in [3.63, 3.8) is 0 Å². The van der Waals surface area contributed by atoms with Crippen LogP contribution < -0.4 is 10.1 Å². The summed E-state index contributed by atoms with van der Waals surface area (Å²) in [6, 6.07) is 7.13. The smallest absolute Gasteiger partial charge is 0.281 e. The Hall–Kier alpha value is -1.35. The van der Waals surface area contributed by atoms with E-state index in [1.807, 2.05) is 12.1 Å². The summed E-state index contributed by atoms with van der Waals surface area (Å²) < 4.78 is 32.4. The Kier molecular flexibility index (Phi) is 7.06. The van der Waals surface area contributed by atoms with Gasteiger partial charge in [-0.25, -0.2) is 0 Å². The molecule has 9 heteroatoms. The number of hydrogen-bond donors (Lipinski definition) is 1. The van der Waals surface area contributed by atoms with Crippen molar-refractivity contribution >= 4 is 27.7 Å². The quantitative estimate of drug-likeness (QED) is 0.714. The van der Waals surface area contributed by atoms with E-state index in [0.717, 1.165) is 0 Å². The lowest BCUT2D eigenvalue weighted by Gasteiger charge is -2.32. The van der Waals surface area contributed by atoms with E-state index in [2.05, 4.69) is 5.32 Å². The Morgan fingerprint density at radius 1 is 1.40 bits per heavy atom. The number of amides is 1. The molecule has 25 heavy (non-hydrogen) atoms. The van der Waals surface area contributed by atoms with Gasteiger partial charge in [-0.3, -0.25) is 4.79 Å². The molecule has 2 rings (SSSR count). The number of hydrogen-bond acceptors (Lipinski definition) is 4. The van der Waals surface area contributed by atoms with Gasteiger partial charge in [-0.15, -0.1) is 0 Å². The van der Waals surface area contributed by atoms with Gasteiger partial charge >= 0.3 is 0 Å². The number of nitrogens with zero attached hydrogens (tertiary/aromatic N) is 2. The minimum Gasteiger partial charge on any atom is -0.490 e. The zero-order valence-electron chi connectivity index (χ0n) is 14.4. The van der Waals surface area contributed by atoms with Gasteiger partial charge < -0.3 is 10.1 Å². The predicted octanol–water partition coefficient (Wildman–Crippen LogP) is 1.35. The van der Waals surface area contributed by atoms with Gasteiger partial charge in [0.05, 0.1) is 17.5 Å². The fourth-order valence-corrected chi connectivity index (χ4v) is 4.02. The average molecular weight is 390 g/mol. The SMILES string of the molecule is CN(C)S(=O)(=O)N1CCC[C@H](C(=O)NCCOc2ccccc2Cl)C1. The van der Waals surface area contributed by atoms with Gasteiger partial charge in [0.15, 0.2) is 0 Å². The highest BCUT2D eigenvalue weighted by Gasteiger charge is 2.33. The first-order valence-corrected chi connectivity index (χ1v) is 9.92. The van der Waals surface area contributed by atoms with Gasteiger partial charge in [0.1, 0.15) is 12.4 Å². The third kappa shape index (κ3) is 5.31. The molecule has 0 unspecified atom stereocenters. The van der Waals surface area contributed by atoms with Crippen molar-refractivity contribution < 1.29 is 17.9 Å². The number of piperidine rings is 1. The summed E-state index contributed by atoms with van der Waals surface area (Å²) >= 11 is 5.99. The summed E-state index contributed by atoms with van der Waals surface area (Å²) in [6.45, 7) is 1.28. The maximum Gasteiger partial charge on any atom is 0.281 e. The van der Waals surface area contributed by atoms with Crippen LogP contribution in [0.2, 0.25) is 5.02 Å². The second-order valence-electron chi connectivity index (χ2n) is 6.06. The van der Waals surface area contributed by atoms with Crippen LogP contribution in [0.1, 0.15) is 12.8 Å². The molecule has 1 fully saturated rings. The number of para-hydroxylation sites is 1. The van der Waals surface area contributed by atoms with Crippen LogP contribution in [-0.4, -0.2) is 63.3 Å². The summed E-state index contributed by atoms with van der Waals surface area (Å²) in [7, 11) is -0.503. The number of carbonyl (C=O) groups excluding carboxylic acids is 1. The molecule has 0 saturated carbocycles. The Bertz CT molecular complexity index is 696. The van der Waals surface area contributed by atoms with Gasteiger partial charge in [-0.2, -0.15) is 17.0 Å². The monoisotopic (exact) mass is 389 g/mol. The van der Waals surface area contributed by atoms with Crippen molar-refractivity contribution in [3.05, 3.63) is 29.3 Å². The third-order valence-electron chi connectivity index (χ3n) is 4.04. The maximum absolute atomic E-state index is 12.3. The Morgan fingerprint density at radius 3 is 2.80 bits per heavy atom. The molecule has 1 aliphatic heterocycles. The fourth-order valence-electron chi connectivity index (χ4n) is 2.64. The standard InChI is InChI=1S/C16H24ClN3O4S/c1-19(2)25(22,23)20-10-5-6-13(12-20)16(21)18-9-11-24-15-8-4-3-7-14(15)17/h3-4,7-8,13H,5-6,9-12H2,1-2H3,(H,18,21)/t13-/m0/s1. The first kappa shape index (κ1) is 20.0. The highest BCUT2D eigenvalue weighted by molar-refractivity contribution is 7.86. The minimum atomic E-state index is -3.49. The Labute approximate surface area is 154 Å². The lowest BCUT2D eigenvalue weighted by atomic mass is 9.99. The van der Waals surface area contributed by atoms with Crippen molar-refractivity contribution in [1.29, 1.82) is 0 Å². The van der Waals surface area contributed by atoms with E-state index in [9.17, 15) is 13.2 Å². The molecule has 1 aromatic carbocycles. The van der Waals surface area contributed by atoms with Crippen molar-refractivity contribution in [2.24, 2.45) is 5.92 Å². The van der Waals surface area contributed by atoms with Crippen LogP contribution in [0.3, 0.4) is 0 Å². The zero-order chi connectivity index (χ0) is 18.4. The highest BCUT2D eigenvalue weighted by atomic mass is 35.5. The number of halogens is 1. The van der Waals surface area contributed by atoms with Crippen molar-refractivity contribution in [1.82, 2.24) is 13.9 Å². The molecule has 0 aliphatic carbocycles. The lowest BCUT2D eigenvalue weighted by molar-refractivity contribution is -0.126. The zero-order valence-corrected chi connectivity index (χ0v) is 16.0. The number of nitrogens with one attached hydrogen (secondary N) is 1. The fraction of sp³-hybridized carbons (Fsp3) is 0.562. The Morgan fingerprint density at radius 2 is 2.12 bits per heavy atom. The van der Waals surface area contributed by atoms with Crippen LogP contribution >= 0.6 is 11.6 Å². The van der Waals surface area contributed by atoms with E-state index in [0.29, 0.717) is 43.3 Å². The van der Waals surface area contributed by atoms with E-state index in [1.54, 1.807) is 12.1 Å². The first-order chi connectivity index (χ1) is 11.8. The molecule has 1 saturated heterocycles. The van der Waals surface area contributed by atoms with Crippen LogP contribution in [0.4, 0.5) is 0 Å². The molecule has 1 amide bonds. The second kappa shape index (κ2) is 8.84. The summed E-state index contributed by atoms with van der Waals surface area (Å²) in [5, 5.41) is 3.32. The van der Waals surface area contributed by atoms with Crippen LogP contribution in [0.25, 0.3) is 0 Å². The summed E-state index contributed by atoms with van der Waals surface area (Å²) in [5.74, 6) is 0.0736. The summed E-state index contributed by atoms with van der Waals surface area (Å²) in [5.41, 5.74) is 0. The van der Waals surface area contributed by atoms with Crippen LogP contribution in [-0.2, 0) is 15.0 Å². The van der Waals surface area contributed by atoms with E-state index in [-0.39, 0.29) is 18.4 Å². The minimum absolute atomic E-state index is 0.151. The van der Waals surface area contributed by atoms with Gasteiger partial charge in [0.25, 0.3) is 10.2 Å². The number of benzene rings is 1. The van der Waals surface area contributed by atoms with Gasteiger partial charge in [0.2, 0.25) is 5.91 Å². The molecular formula is C16H24ClN3O4S. The third-order valence-corrected chi connectivity index (χ3v) is 6.26. The van der Waals surface area contributed by atoms with E-state index in [1.165, 1.54) is 22.7 Å².